The molecule has 5 nitrogen and oxygen atoms in total. The average Bonchev–Trinajstić information content (AvgIpc) is 3.26. The maximum absolute atomic E-state index is 12.9. The molecule has 3 aliphatic rings. The van der Waals surface area contributed by atoms with E-state index in [1.165, 1.54) is 51.7 Å². The van der Waals surface area contributed by atoms with Gasteiger partial charge in [0.25, 0.3) is 0 Å². The number of rotatable bonds is 7. The highest BCUT2D eigenvalue weighted by atomic mass is 127. The summed E-state index contributed by atoms with van der Waals surface area (Å²) in [5.41, 5.74) is 1.01. The molecule has 160 valence electrons. The number of anilines is 1. The Balaban J connectivity index is 1.34. The van der Waals surface area contributed by atoms with Crippen LogP contribution in [0.2, 0.25) is 0 Å². The summed E-state index contributed by atoms with van der Waals surface area (Å²) in [4.78, 5) is 19.9. The molecule has 29 heavy (non-hydrogen) atoms. The smallest absolute Gasteiger partial charge is 0.240 e. The molecule has 0 aromatic heterocycles. The van der Waals surface area contributed by atoms with E-state index in [2.05, 4.69) is 51.4 Å². The van der Waals surface area contributed by atoms with Gasteiger partial charge in [0.2, 0.25) is 5.91 Å². The van der Waals surface area contributed by atoms with Gasteiger partial charge in [-0.3, -0.25) is 9.69 Å². The van der Waals surface area contributed by atoms with Crippen LogP contribution >= 0.6 is 22.6 Å². The van der Waals surface area contributed by atoms with Gasteiger partial charge in [-0.25, -0.2) is 0 Å². The normalized spacial score (nSPS) is 29.0. The predicted octanol–water partition coefficient (Wildman–Crippen LogP) is 3.94. The maximum atomic E-state index is 12.9. The van der Waals surface area contributed by atoms with E-state index in [1.807, 2.05) is 17.0 Å². The molecular formula is C23H34IN3O2. The first-order valence-corrected chi connectivity index (χ1v) is 12.5. The number of halogens is 1. The standard InChI is InChI=1S/C23H34IN3O2/c1-18-6-5-13-26(18)14-15-29-21-9-7-19(8-10-21)27-20(16-22(24)23(27)28)17-25-11-3-2-4-12-25/h7-10,18,20,22H,2-6,11-17H2,1H3/t18?,20-,22?/m0/s1. The minimum atomic E-state index is 0.0840. The number of alkyl halides is 1. The summed E-state index contributed by atoms with van der Waals surface area (Å²) >= 11 is 2.32. The van der Waals surface area contributed by atoms with Crippen LogP contribution < -0.4 is 9.64 Å². The summed E-state index contributed by atoms with van der Waals surface area (Å²) in [5, 5.41) is 0. The molecular weight excluding hydrogens is 477 g/mol. The van der Waals surface area contributed by atoms with E-state index in [4.69, 9.17) is 4.74 Å². The Kier molecular flexibility index (Phi) is 7.34. The highest BCUT2D eigenvalue weighted by Crippen LogP contribution is 2.32. The molecule has 0 saturated carbocycles. The van der Waals surface area contributed by atoms with Crippen molar-refractivity contribution in [3.8, 4) is 5.75 Å². The van der Waals surface area contributed by atoms with Crippen LogP contribution in [0.1, 0.15) is 45.4 Å². The fraction of sp³-hybridized carbons (Fsp3) is 0.696. The summed E-state index contributed by atoms with van der Waals surface area (Å²) in [5.74, 6) is 1.15. The molecule has 3 atom stereocenters. The van der Waals surface area contributed by atoms with Crippen LogP contribution in [0.15, 0.2) is 24.3 Å². The molecule has 6 heteroatoms. The molecule has 2 unspecified atom stereocenters. The van der Waals surface area contributed by atoms with Crippen LogP contribution in [0.5, 0.6) is 5.75 Å². The first-order chi connectivity index (χ1) is 14.1. The Labute approximate surface area is 188 Å². The molecule has 1 aromatic rings. The highest BCUT2D eigenvalue weighted by Gasteiger charge is 2.39. The van der Waals surface area contributed by atoms with Crippen molar-refractivity contribution >= 4 is 34.2 Å². The number of hydrogen-bond acceptors (Lipinski definition) is 4. The Morgan fingerprint density at radius 3 is 2.52 bits per heavy atom. The van der Waals surface area contributed by atoms with Crippen molar-refractivity contribution < 1.29 is 9.53 Å². The van der Waals surface area contributed by atoms with Crippen molar-refractivity contribution in [2.45, 2.75) is 61.5 Å². The lowest BCUT2D eigenvalue weighted by Crippen LogP contribution is -2.43. The highest BCUT2D eigenvalue weighted by molar-refractivity contribution is 14.1. The van der Waals surface area contributed by atoms with E-state index in [9.17, 15) is 4.79 Å². The Hall–Kier alpha value is -0.860. The summed E-state index contributed by atoms with van der Waals surface area (Å²) < 4.78 is 6.06. The summed E-state index contributed by atoms with van der Waals surface area (Å²) in [7, 11) is 0. The number of carbonyl (C=O) groups excluding carboxylic acids is 1. The summed E-state index contributed by atoms with van der Waals surface area (Å²) in [6.45, 7) is 8.55. The van der Waals surface area contributed by atoms with Crippen molar-refractivity contribution in [3.05, 3.63) is 24.3 Å². The van der Waals surface area contributed by atoms with Gasteiger partial charge in [-0.1, -0.05) is 29.0 Å². The van der Waals surface area contributed by atoms with Crippen molar-refractivity contribution in [1.29, 1.82) is 0 Å². The molecule has 0 aliphatic carbocycles. The van der Waals surface area contributed by atoms with Crippen molar-refractivity contribution in [1.82, 2.24) is 9.80 Å². The third-order valence-electron chi connectivity index (χ3n) is 6.72. The third kappa shape index (κ3) is 5.25. The largest absolute Gasteiger partial charge is 0.492 e. The molecule has 0 spiro atoms. The van der Waals surface area contributed by atoms with Crippen LogP contribution in [0, 0.1) is 0 Å². The fourth-order valence-electron chi connectivity index (χ4n) is 5.02. The lowest BCUT2D eigenvalue weighted by molar-refractivity contribution is -0.116. The average molecular weight is 511 g/mol. The number of nitrogens with zero attached hydrogens (tertiary/aromatic N) is 3. The molecule has 1 amide bonds. The Bertz CT molecular complexity index is 677. The van der Waals surface area contributed by atoms with Crippen LogP contribution in [0.25, 0.3) is 0 Å². The van der Waals surface area contributed by atoms with Gasteiger partial charge in [-0.05, 0) is 82.9 Å². The van der Waals surface area contributed by atoms with E-state index in [0.717, 1.165) is 37.6 Å². The topological polar surface area (TPSA) is 36.0 Å². The van der Waals surface area contributed by atoms with Gasteiger partial charge in [0, 0.05) is 24.8 Å². The minimum absolute atomic E-state index is 0.0840. The van der Waals surface area contributed by atoms with Crippen molar-refractivity contribution in [3.63, 3.8) is 0 Å². The molecule has 0 radical (unpaired) electrons. The maximum Gasteiger partial charge on any atom is 0.240 e. The molecule has 0 N–H and O–H groups in total. The van der Waals surface area contributed by atoms with Gasteiger partial charge in [-0.2, -0.15) is 0 Å². The van der Waals surface area contributed by atoms with Gasteiger partial charge < -0.3 is 14.5 Å². The minimum Gasteiger partial charge on any atom is -0.492 e. The first-order valence-electron chi connectivity index (χ1n) is 11.3. The van der Waals surface area contributed by atoms with Crippen LogP contribution in [-0.4, -0.2) is 71.0 Å². The molecule has 3 heterocycles. The first kappa shape index (κ1) is 21.4. The predicted molar refractivity (Wildman–Crippen MR) is 126 cm³/mol. The zero-order chi connectivity index (χ0) is 20.2. The molecule has 1 aromatic carbocycles. The zero-order valence-electron chi connectivity index (χ0n) is 17.6. The zero-order valence-corrected chi connectivity index (χ0v) is 19.7. The van der Waals surface area contributed by atoms with Crippen LogP contribution in [0.3, 0.4) is 0 Å². The monoisotopic (exact) mass is 511 g/mol. The van der Waals surface area contributed by atoms with E-state index in [-0.39, 0.29) is 15.9 Å². The number of amides is 1. The second-order valence-corrected chi connectivity index (χ2v) is 10.3. The number of carbonyl (C=O) groups is 1. The Morgan fingerprint density at radius 2 is 1.83 bits per heavy atom. The van der Waals surface area contributed by atoms with E-state index < -0.39 is 0 Å². The number of benzene rings is 1. The SMILES string of the molecule is CC1CCCN1CCOc1ccc(N2C(=O)C(I)C[C@H]2CN2CCCCC2)cc1. The quantitative estimate of drug-likeness (QED) is 0.411. The number of likely N-dealkylation sites (tertiary alicyclic amines) is 2. The van der Waals surface area contributed by atoms with Gasteiger partial charge in [0.15, 0.2) is 0 Å². The molecule has 3 fully saturated rings. The lowest BCUT2D eigenvalue weighted by atomic mass is 10.1. The van der Waals surface area contributed by atoms with Gasteiger partial charge in [0.1, 0.15) is 12.4 Å². The summed E-state index contributed by atoms with van der Waals surface area (Å²) in [6.07, 6.45) is 7.47. The molecule has 3 aliphatic heterocycles. The van der Waals surface area contributed by atoms with Gasteiger partial charge in [-0.15, -0.1) is 0 Å². The second-order valence-electron chi connectivity index (χ2n) is 8.80. The molecule has 4 rings (SSSR count). The Morgan fingerprint density at radius 1 is 1.07 bits per heavy atom. The van der Waals surface area contributed by atoms with E-state index >= 15 is 0 Å². The molecule has 0 bridgehead atoms. The van der Waals surface area contributed by atoms with Crippen LogP contribution in [-0.2, 0) is 4.79 Å². The number of ether oxygens (including phenoxy) is 1. The van der Waals surface area contributed by atoms with E-state index in [0.29, 0.717) is 6.04 Å². The van der Waals surface area contributed by atoms with Crippen LogP contribution in [0.4, 0.5) is 5.69 Å². The summed E-state index contributed by atoms with van der Waals surface area (Å²) in [6, 6.07) is 9.13. The number of piperidine rings is 1. The third-order valence-corrected chi connectivity index (χ3v) is 7.76. The lowest BCUT2D eigenvalue weighted by Gasteiger charge is -2.33. The van der Waals surface area contributed by atoms with Gasteiger partial charge in [0.05, 0.1) is 9.97 Å². The second kappa shape index (κ2) is 9.96. The number of hydrogen-bond donors (Lipinski definition) is 0. The van der Waals surface area contributed by atoms with E-state index in [1.54, 1.807) is 0 Å². The fourth-order valence-corrected chi connectivity index (χ4v) is 5.91. The molecule has 3 saturated heterocycles. The van der Waals surface area contributed by atoms with Crippen molar-refractivity contribution in [2.75, 3.05) is 44.2 Å². The van der Waals surface area contributed by atoms with Gasteiger partial charge >= 0.3 is 0 Å². The van der Waals surface area contributed by atoms with Crippen molar-refractivity contribution in [2.24, 2.45) is 0 Å².